The lowest BCUT2D eigenvalue weighted by Crippen LogP contribution is -2.17. The summed E-state index contributed by atoms with van der Waals surface area (Å²) < 4.78 is 21.7. The maximum absolute atomic E-state index is 9.76. The molecule has 2 aromatic rings. The Labute approximate surface area is 154 Å². The lowest BCUT2D eigenvalue weighted by molar-refractivity contribution is 0.180. The zero-order valence-corrected chi connectivity index (χ0v) is 15.5. The predicted molar refractivity (Wildman–Crippen MR) is 99.4 cm³/mol. The summed E-state index contributed by atoms with van der Waals surface area (Å²) in [5.41, 5.74) is 2.36. The van der Waals surface area contributed by atoms with Crippen LogP contribution in [-0.4, -0.2) is 39.6 Å². The van der Waals surface area contributed by atoms with Gasteiger partial charge in [-0.1, -0.05) is 12.1 Å². The Hall–Kier alpha value is -2.40. The third-order valence-corrected chi connectivity index (χ3v) is 5.02. The van der Waals surface area contributed by atoms with Crippen LogP contribution < -0.4 is 14.2 Å². The molecule has 1 saturated heterocycles. The molecule has 1 heterocycles. The smallest absolute Gasteiger partial charge is 0.160 e. The van der Waals surface area contributed by atoms with Gasteiger partial charge < -0.3 is 24.1 Å². The molecule has 0 amide bonds. The predicted octanol–water partition coefficient (Wildman–Crippen LogP) is 3.47. The number of rotatable bonds is 7. The van der Waals surface area contributed by atoms with E-state index in [0.29, 0.717) is 17.6 Å². The van der Waals surface area contributed by atoms with Gasteiger partial charge in [-0.3, -0.25) is 0 Å². The van der Waals surface area contributed by atoms with Crippen molar-refractivity contribution < 1.29 is 24.1 Å². The van der Waals surface area contributed by atoms with Gasteiger partial charge in [-0.25, -0.2) is 0 Å². The Morgan fingerprint density at radius 3 is 1.92 bits per heavy atom. The van der Waals surface area contributed by atoms with Crippen LogP contribution >= 0.6 is 0 Å². The van der Waals surface area contributed by atoms with Crippen LogP contribution in [0.2, 0.25) is 0 Å². The molecule has 2 aromatic carbocycles. The number of methoxy groups -OCH3 is 3. The first kappa shape index (κ1) is 18.4. The van der Waals surface area contributed by atoms with Crippen LogP contribution in [0.3, 0.4) is 0 Å². The highest BCUT2D eigenvalue weighted by Crippen LogP contribution is 2.33. The second-order valence-corrected chi connectivity index (χ2v) is 6.66. The molecular weight excluding hydrogens is 332 g/mol. The lowest BCUT2D eigenvalue weighted by atomic mass is 9.85. The Bertz CT molecular complexity index is 743. The summed E-state index contributed by atoms with van der Waals surface area (Å²) in [5, 5.41) is 9.76. The summed E-state index contributed by atoms with van der Waals surface area (Å²) in [6.45, 7) is 1.51. The van der Waals surface area contributed by atoms with Gasteiger partial charge in [0.25, 0.3) is 0 Å². The summed E-state index contributed by atoms with van der Waals surface area (Å²) in [7, 11) is 4.86. The number of benzene rings is 2. The van der Waals surface area contributed by atoms with Gasteiger partial charge in [0, 0.05) is 0 Å². The first-order valence-corrected chi connectivity index (χ1v) is 8.79. The Morgan fingerprint density at radius 1 is 0.808 bits per heavy atom. The fourth-order valence-electron chi connectivity index (χ4n) is 3.56. The minimum atomic E-state index is 0.167. The van der Waals surface area contributed by atoms with Crippen molar-refractivity contribution in [2.75, 3.05) is 34.5 Å². The second kappa shape index (κ2) is 8.32. The van der Waals surface area contributed by atoms with E-state index in [1.165, 1.54) is 5.56 Å². The van der Waals surface area contributed by atoms with E-state index in [1.54, 1.807) is 27.4 Å². The van der Waals surface area contributed by atoms with E-state index in [9.17, 15) is 5.11 Å². The summed E-state index contributed by atoms with van der Waals surface area (Å²) in [6, 6.07) is 11.6. The zero-order chi connectivity index (χ0) is 18.5. The summed E-state index contributed by atoms with van der Waals surface area (Å²) in [4.78, 5) is 0. The normalized spacial score (nSPS) is 19.3. The van der Waals surface area contributed by atoms with Crippen molar-refractivity contribution in [2.24, 2.45) is 11.8 Å². The summed E-state index contributed by atoms with van der Waals surface area (Å²) in [5.74, 6) is 3.04. The van der Waals surface area contributed by atoms with Gasteiger partial charge in [0.1, 0.15) is 0 Å². The fraction of sp³-hybridized carbons (Fsp3) is 0.429. The van der Waals surface area contributed by atoms with Crippen LogP contribution in [0.25, 0.3) is 0 Å². The van der Waals surface area contributed by atoms with Gasteiger partial charge in [-0.05, 0) is 60.1 Å². The molecule has 3 rings (SSSR count). The van der Waals surface area contributed by atoms with Gasteiger partial charge in [0.2, 0.25) is 0 Å². The molecule has 5 heteroatoms. The summed E-state index contributed by atoms with van der Waals surface area (Å²) >= 11 is 0. The highest BCUT2D eigenvalue weighted by atomic mass is 16.5. The Kier molecular flexibility index (Phi) is 5.89. The van der Waals surface area contributed by atoms with Gasteiger partial charge in [0.15, 0.2) is 23.0 Å². The highest BCUT2D eigenvalue weighted by Gasteiger charge is 2.29. The van der Waals surface area contributed by atoms with Crippen LogP contribution in [0, 0.1) is 11.8 Å². The molecule has 0 saturated carbocycles. The average Bonchev–Trinajstić information content (AvgIpc) is 3.09. The third-order valence-electron chi connectivity index (χ3n) is 5.02. The van der Waals surface area contributed by atoms with Crippen molar-refractivity contribution in [3.8, 4) is 23.0 Å². The molecule has 0 aliphatic carbocycles. The Morgan fingerprint density at radius 2 is 1.35 bits per heavy atom. The van der Waals surface area contributed by atoms with Gasteiger partial charge in [-0.15, -0.1) is 0 Å². The van der Waals surface area contributed by atoms with Crippen molar-refractivity contribution in [1.82, 2.24) is 0 Å². The number of phenols is 1. The topological polar surface area (TPSA) is 57.2 Å². The van der Waals surface area contributed by atoms with Gasteiger partial charge in [-0.2, -0.15) is 0 Å². The molecule has 1 aliphatic heterocycles. The van der Waals surface area contributed by atoms with E-state index in [2.05, 4.69) is 6.07 Å². The maximum atomic E-state index is 9.76. The first-order valence-electron chi connectivity index (χ1n) is 8.79. The standard InChI is InChI=1S/C21H26O5/c1-23-19-7-5-15(11-21(19)25-3)9-17-13-26-12-16(17)8-14-4-6-18(22)20(10-14)24-2/h4-7,10-11,16-17,22H,8-9,12-13H2,1-3H3/t16-,17-/m0/s1. The number of hydrogen-bond acceptors (Lipinski definition) is 5. The van der Waals surface area contributed by atoms with Crippen molar-refractivity contribution in [2.45, 2.75) is 12.8 Å². The molecule has 1 N–H and O–H groups in total. The van der Waals surface area contributed by atoms with E-state index in [1.807, 2.05) is 24.3 Å². The van der Waals surface area contributed by atoms with E-state index in [0.717, 1.165) is 43.1 Å². The molecule has 140 valence electrons. The lowest BCUT2D eigenvalue weighted by Gasteiger charge is -2.19. The van der Waals surface area contributed by atoms with Crippen molar-refractivity contribution >= 4 is 0 Å². The highest BCUT2D eigenvalue weighted by molar-refractivity contribution is 5.43. The largest absolute Gasteiger partial charge is 0.504 e. The minimum Gasteiger partial charge on any atom is -0.504 e. The second-order valence-electron chi connectivity index (χ2n) is 6.66. The van der Waals surface area contributed by atoms with E-state index in [-0.39, 0.29) is 5.75 Å². The van der Waals surface area contributed by atoms with Crippen LogP contribution in [0.15, 0.2) is 36.4 Å². The first-order chi connectivity index (χ1) is 12.6. The average molecular weight is 358 g/mol. The molecule has 2 atom stereocenters. The van der Waals surface area contributed by atoms with Crippen LogP contribution in [-0.2, 0) is 17.6 Å². The van der Waals surface area contributed by atoms with Crippen LogP contribution in [0.5, 0.6) is 23.0 Å². The molecule has 1 aliphatic rings. The van der Waals surface area contributed by atoms with E-state index < -0.39 is 0 Å². The van der Waals surface area contributed by atoms with Gasteiger partial charge in [0.05, 0.1) is 34.5 Å². The molecule has 5 nitrogen and oxygen atoms in total. The maximum Gasteiger partial charge on any atom is 0.160 e. The van der Waals surface area contributed by atoms with Crippen molar-refractivity contribution in [1.29, 1.82) is 0 Å². The zero-order valence-electron chi connectivity index (χ0n) is 15.5. The van der Waals surface area contributed by atoms with Crippen LogP contribution in [0.1, 0.15) is 11.1 Å². The fourth-order valence-corrected chi connectivity index (χ4v) is 3.56. The molecule has 0 aromatic heterocycles. The molecule has 1 fully saturated rings. The molecule has 26 heavy (non-hydrogen) atoms. The number of aromatic hydroxyl groups is 1. The number of hydrogen-bond donors (Lipinski definition) is 1. The van der Waals surface area contributed by atoms with E-state index in [4.69, 9.17) is 18.9 Å². The molecular formula is C21H26O5. The number of ether oxygens (including phenoxy) is 4. The SMILES string of the molecule is COc1cc(C[C@H]2COC[C@@H]2Cc2ccc(OC)c(OC)c2)ccc1O. The molecule has 0 radical (unpaired) electrons. The monoisotopic (exact) mass is 358 g/mol. The minimum absolute atomic E-state index is 0.167. The third kappa shape index (κ3) is 4.05. The molecule has 0 bridgehead atoms. The van der Waals surface area contributed by atoms with E-state index >= 15 is 0 Å². The van der Waals surface area contributed by atoms with Crippen LogP contribution in [0.4, 0.5) is 0 Å². The Balaban J connectivity index is 1.70. The van der Waals surface area contributed by atoms with Crippen molar-refractivity contribution in [3.63, 3.8) is 0 Å². The molecule has 0 spiro atoms. The van der Waals surface area contributed by atoms with Gasteiger partial charge >= 0.3 is 0 Å². The molecule has 0 unspecified atom stereocenters. The summed E-state index contributed by atoms with van der Waals surface area (Å²) in [6.07, 6.45) is 1.83. The number of phenolic OH excluding ortho intramolecular Hbond substituents is 1. The quantitative estimate of drug-likeness (QED) is 0.821. The van der Waals surface area contributed by atoms with Crippen molar-refractivity contribution in [3.05, 3.63) is 47.5 Å².